The van der Waals surface area contributed by atoms with E-state index in [1.165, 1.54) is 10.5 Å². The summed E-state index contributed by atoms with van der Waals surface area (Å²) in [6.07, 6.45) is 2.48. The van der Waals surface area contributed by atoms with Crippen molar-refractivity contribution in [1.29, 1.82) is 0 Å². The van der Waals surface area contributed by atoms with Gasteiger partial charge in [-0.05, 0) is 51.2 Å². The second-order valence-electron chi connectivity index (χ2n) is 6.21. The fourth-order valence-electron chi connectivity index (χ4n) is 2.64. The summed E-state index contributed by atoms with van der Waals surface area (Å²) in [4.78, 5) is 13.1. The Hall–Kier alpha value is -1.20. The van der Waals surface area contributed by atoms with Crippen molar-refractivity contribution in [2.45, 2.75) is 50.2 Å². The summed E-state index contributed by atoms with van der Waals surface area (Å²) in [6.45, 7) is 4.74. The summed E-state index contributed by atoms with van der Waals surface area (Å²) in [7, 11) is 0. The monoisotopic (exact) mass is 322 g/mol. The van der Waals surface area contributed by atoms with Crippen molar-refractivity contribution in [2.24, 2.45) is 5.92 Å². The van der Waals surface area contributed by atoms with Crippen LogP contribution in [0.2, 0.25) is 0 Å². The average molecular weight is 322 g/mol. The van der Waals surface area contributed by atoms with E-state index in [1.54, 1.807) is 11.8 Å². The van der Waals surface area contributed by atoms with Gasteiger partial charge in [0.2, 0.25) is 0 Å². The smallest absolute Gasteiger partial charge is 0.315 e. The van der Waals surface area contributed by atoms with Gasteiger partial charge in [0.05, 0.1) is 6.10 Å². The number of hydrogen-bond acceptors (Lipinski definition) is 3. The number of rotatable bonds is 6. The van der Waals surface area contributed by atoms with Crippen LogP contribution < -0.4 is 10.6 Å². The molecule has 3 atom stereocenters. The largest absolute Gasteiger partial charge is 0.393 e. The van der Waals surface area contributed by atoms with E-state index in [0.29, 0.717) is 12.5 Å². The molecule has 1 fully saturated rings. The lowest BCUT2D eigenvalue weighted by atomic mass is 10.1. The lowest BCUT2D eigenvalue weighted by molar-refractivity contribution is 0.177. The number of aliphatic hydroxyl groups is 1. The first kappa shape index (κ1) is 17.2. The van der Waals surface area contributed by atoms with Crippen LogP contribution in [0.25, 0.3) is 0 Å². The summed E-state index contributed by atoms with van der Waals surface area (Å²) in [5, 5.41) is 15.3. The molecular formula is C17H26N2O2S. The highest BCUT2D eigenvalue weighted by atomic mass is 32.2. The van der Waals surface area contributed by atoms with Crippen molar-refractivity contribution in [3.8, 4) is 0 Å². The molecule has 1 aliphatic carbocycles. The Morgan fingerprint density at radius 1 is 1.36 bits per heavy atom. The number of aliphatic hydroxyl groups excluding tert-OH is 1. The van der Waals surface area contributed by atoms with Crippen LogP contribution in [0.15, 0.2) is 29.2 Å². The summed E-state index contributed by atoms with van der Waals surface area (Å²) < 4.78 is 0. The number of urea groups is 1. The van der Waals surface area contributed by atoms with Crippen LogP contribution >= 0.6 is 11.8 Å². The molecule has 1 saturated carbocycles. The number of amides is 2. The highest BCUT2D eigenvalue weighted by Crippen LogP contribution is 2.24. The molecule has 0 saturated heterocycles. The standard InChI is InChI=1S/C17H26N2O2S/c1-12-3-7-16(8-4-12)22-11-13(2)19-17(21)18-10-14-5-6-15(20)9-14/h3-4,7-8,13-15,20H,5-6,9-11H2,1-2H3,(H2,18,19,21). The van der Waals surface area contributed by atoms with Crippen molar-refractivity contribution in [1.82, 2.24) is 10.6 Å². The van der Waals surface area contributed by atoms with Gasteiger partial charge in [-0.25, -0.2) is 4.79 Å². The molecule has 0 heterocycles. The van der Waals surface area contributed by atoms with E-state index < -0.39 is 0 Å². The highest BCUT2D eigenvalue weighted by Gasteiger charge is 2.23. The normalized spacial score (nSPS) is 22.3. The Balaban J connectivity index is 1.62. The number of carbonyl (C=O) groups is 1. The molecule has 0 spiro atoms. The van der Waals surface area contributed by atoms with Gasteiger partial charge in [0.1, 0.15) is 0 Å². The fraction of sp³-hybridized carbons (Fsp3) is 0.588. The molecular weight excluding hydrogens is 296 g/mol. The van der Waals surface area contributed by atoms with Crippen LogP contribution in [0.3, 0.4) is 0 Å². The third kappa shape index (κ3) is 5.89. The summed E-state index contributed by atoms with van der Waals surface area (Å²) in [5.41, 5.74) is 1.26. The maximum atomic E-state index is 11.9. The highest BCUT2D eigenvalue weighted by molar-refractivity contribution is 7.99. The third-order valence-electron chi connectivity index (χ3n) is 3.96. The van der Waals surface area contributed by atoms with E-state index in [0.717, 1.165) is 25.0 Å². The van der Waals surface area contributed by atoms with Crippen molar-refractivity contribution < 1.29 is 9.90 Å². The number of hydrogen-bond donors (Lipinski definition) is 3. The zero-order chi connectivity index (χ0) is 15.9. The Bertz CT molecular complexity index is 478. The molecule has 1 aromatic carbocycles. The van der Waals surface area contributed by atoms with Crippen LogP contribution in [0.5, 0.6) is 0 Å². The third-order valence-corrected chi connectivity index (χ3v) is 5.24. The molecule has 122 valence electrons. The van der Waals surface area contributed by atoms with Gasteiger partial charge in [-0.1, -0.05) is 17.7 Å². The minimum Gasteiger partial charge on any atom is -0.393 e. The SMILES string of the molecule is Cc1ccc(SCC(C)NC(=O)NCC2CCC(O)C2)cc1. The van der Waals surface area contributed by atoms with Crippen molar-refractivity contribution in [3.05, 3.63) is 29.8 Å². The maximum absolute atomic E-state index is 11.9. The second-order valence-corrected chi connectivity index (χ2v) is 7.31. The fourth-order valence-corrected chi connectivity index (χ4v) is 3.50. The van der Waals surface area contributed by atoms with Crippen LogP contribution in [0, 0.1) is 12.8 Å². The molecule has 3 N–H and O–H groups in total. The van der Waals surface area contributed by atoms with E-state index in [9.17, 15) is 9.90 Å². The molecule has 1 aliphatic rings. The zero-order valence-electron chi connectivity index (χ0n) is 13.3. The van der Waals surface area contributed by atoms with Gasteiger partial charge in [0, 0.05) is 23.2 Å². The molecule has 0 aromatic heterocycles. The summed E-state index contributed by atoms with van der Waals surface area (Å²) in [5.74, 6) is 1.26. The van der Waals surface area contributed by atoms with Gasteiger partial charge in [-0.3, -0.25) is 0 Å². The van der Waals surface area contributed by atoms with Crippen molar-refractivity contribution in [2.75, 3.05) is 12.3 Å². The van der Waals surface area contributed by atoms with Crippen LogP contribution in [0.1, 0.15) is 31.7 Å². The topological polar surface area (TPSA) is 61.4 Å². The Labute approximate surface area is 137 Å². The first-order chi connectivity index (χ1) is 10.5. The Kier molecular flexibility index (Phi) is 6.58. The predicted octanol–water partition coefficient (Wildman–Crippen LogP) is 2.94. The summed E-state index contributed by atoms with van der Waals surface area (Å²) in [6, 6.07) is 8.42. The molecule has 0 aliphatic heterocycles. The van der Waals surface area contributed by atoms with Crippen molar-refractivity contribution in [3.63, 3.8) is 0 Å². The Morgan fingerprint density at radius 3 is 2.73 bits per heavy atom. The minimum atomic E-state index is -0.181. The number of nitrogens with one attached hydrogen (secondary N) is 2. The summed E-state index contributed by atoms with van der Waals surface area (Å²) >= 11 is 1.75. The predicted molar refractivity (Wildman–Crippen MR) is 91.2 cm³/mol. The van der Waals surface area contributed by atoms with Gasteiger partial charge in [0.15, 0.2) is 0 Å². The van der Waals surface area contributed by atoms with E-state index in [2.05, 4.69) is 41.8 Å². The first-order valence-electron chi connectivity index (χ1n) is 7.95. The quantitative estimate of drug-likeness (QED) is 0.706. The van der Waals surface area contributed by atoms with Crippen LogP contribution in [-0.2, 0) is 0 Å². The van der Waals surface area contributed by atoms with Gasteiger partial charge in [-0.15, -0.1) is 11.8 Å². The van der Waals surface area contributed by atoms with Gasteiger partial charge in [-0.2, -0.15) is 0 Å². The van der Waals surface area contributed by atoms with E-state index >= 15 is 0 Å². The Morgan fingerprint density at radius 2 is 2.09 bits per heavy atom. The molecule has 0 radical (unpaired) electrons. The molecule has 2 amide bonds. The van der Waals surface area contributed by atoms with Gasteiger partial charge >= 0.3 is 6.03 Å². The second kappa shape index (κ2) is 8.44. The van der Waals surface area contributed by atoms with Gasteiger partial charge in [0.25, 0.3) is 0 Å². The van der Waals surface area contributed by atoms with Crippen LogP contribution in [0.4, 0.5) is 4.79 Å². The van der Waals surface area contributed by atoms with Crippen molar-refractivity contribution >= 4 is 17.8 Å². The van der Waals surface area contributed by atoms with E-state index in [1.807, 2.05) is 6.92 Å². The van der Waals surface area contributed by atoms with E-state index in [4.69, 9.17) is 0 Å². The number of carbonyl (C=O) groups excluding carboxylic acids is 1. The first-order valence-corrected chi connectivity index (χ1v) is 8.93. The number of benzene rings is 1. The maximum Gasteiger partial charge on any atom is 0.315 e. The molecule has 5 heteroatoms. The molecule has 3 unspecified atom stereocenters. The lowest BCUT2D eigenvalue weighted by Gasteiger charge is -2.16. The number of aryl methyl sites for hydroxylation is 1. The minimum absolute atomic E-state index is 0.112. The average Bonchev–Trinajstić information content (AvgIpc) is 2.90. The zero-order valence-corrected chi connectivity index (χ0v) is 14.2. The molecule has 1 aromatic rings. The van der Waals surface area contributed by atoms with E-state index in [-0.39, 0.29) is 18.2 Å². The van der Waals surface area contributed by atoms with Gasteiger partial charge < -0.3 is 15.7 Å². The molecule has 0 bridgehead atoms. The molecule has 4 nitrogen and oxygen atoms in total. The lowest BCUT2D eigenvalue weighted by Crippen LogP contribution is -2.43. The molecule has 2 rings (SSSR count). The van der Waals surface area contributed by atoms with Crippen LogP contribution in [-0.4, -0.2) is 35.6 Å². The number of thioether (sulfide) groups is 1. The molecule has 22 heavy (non-hydrogen) atoms.